The summed E-state index contributed by atoms with van der Waals surface area (Å²) in [5.74, 6) is 1.87. The van der Waals surface area contributed by atoms with Gasteiger partial charge >= 0.3 is 0 Å². The van der Waals surface area contributed by atoms with E-state index in [1.54, 1.807) is 7.11 Å². The third-order valence-electron chi connectivity index (χ3n) is 4.97. The van der Waals surface area contributed by atoms with Crippen LogP contribution in [-0.4, -0.2) is 29.1 Å². The number of imidazole rings is 1. The Hall–Kier alpha value is -3.08. The second-order valence-electron chi connectivity index (χ2n) is 7.11. The van der Waals surface area contributed by atoms with Crippen LogP contribution in [0.5, 0.6) is 5.75 Å². The first-order chi connectivity index (χ1) is 13.1. The third-order valence-corrected chi connectivity index (χ3v) is 4.97. The summed E-state index contributed by atoms with van der Waals surface area (Å²) in [4.78, 5) is 19.4. The van der Waals surface area contributed by atoms with Crippen molar-refractivity contribution in [1.82, 2.24) is 9.55 Å². The molecule has 0 bridgehead atoms. The summed E-state index contributed by atoms with van der Waals surface area (Å²) in [6, 6.07) is 15.7. The topological polar surface area (TPSA) is 47.4 Å². The molecule has 0 aliphatic carbocycles. The molecule has 2 heterocycles. The molecule has 2 aromatic carbocycles. The third kappa shape index (κ3) is 3.21. The lowest BCUT2D eigenvalue weighted by Gasteiger charge is -2.18. The van der Waals surface area contributed by atoms with Crippen molar-refractivity contribution in [3.63, 3.8) is 0 Å². The number of ether oxygens (including phenoxy) is 1. The van der Waals surface area contributed by atoms with Crippen molar-refractivity contribution >= 4 is 22.6 Å². The number of benzene rings is 2. The first-order valence-electron chi connectivity index (χ1n) is 9.11. The molecule has 5 heteroatoms. The standard InChI is InChI=1S/C22H23N3O2/c1-15(2)13-25-20-10-5-4-9-19(20)23-22(25)16-11-21(26)24(14-16)17-7-6-8-18(12-17)27-3/h4-10,12,16H,1,11,13-14H2,2-3H3. The number of nitrogens with zero attached hydrogens (tertiary/aromatic N) is 3. The van der Waals surface area contributed by atoms with Crippen molar-refractivity contribution < 1.29 is 9.53 Å². The predicted molar refractivity (Wildman–Crippen MR) is 107 cm³/mol. The van der Waals surface area contributed by atoms with Crippen LogP contribution in [0.2, 0.25) is 0 Å². The van der Waals surface area contributed by atoms with Crippen LogP contribution in [0.1, 0.15) is 25.1 Å². The summed E-state index contributed by atoms with van der Waals surface area (Å²) in [7, 11) is 1.63. The highest BCUT2D eigenvalue weighted by Gasteiger charge is 2.34. The first-order valence-corrected chi connectivity index (χ1v) is 9.11. The molecule has 1 aromatic heterocycles. The Kier molecular flexibility index (Phi) is 4.44. The van der Waals surface area contributed by atoms with Gasteiger partial charge in [0.1, 0.15) is 11.6 Å². The van der Waals surface area contributed by atoms with Crippen molar-refractivity contribution in [2.24, 2.45) is 0 Å². The van der Waals surface area contributed by atoms with Crippen LogP contribution in [0.15, 0.2) is 60.7 Å². The van der Waals surface area contributed by atoms with E-state index in [-0.39, 0.29) is 11.8 Å². The molecular weight excluding hydrogens is 338 g/mol. The summed E-state index contributed by atoms with van der Waals surface area (Å²) < 4.78 is 7.50. The van der Waals surface area contributed by atoms with Crippen molar-refractivity contribution in [3.05, 3.63) is 66.5 Å². The SMILES string of the molecule is C=C(C)Cn1c(C2CC(=O)N(c3cccc(OC)c3)C2)nc2ccccc21. The monoisotopic (exact) mass is 361 g/mol. The highest BCUT2D eigenvalue weighted by molar-refractivity contribution is 5.96. The number of allylic oxidation sites excluding steroid dienone is 1. The van der Waals surface area contributed by atoms with Crippen molar-refractivity contribution in [2.45, 2.75) is 25.8 Å². The van der Waals surface area contributed by atoms with Gasteiger partial charge in [-0.3, -0.25) is 4.79 Å². The minimum atomic E-state index is 0.0513. The average Bonchev–Trinajstić information content (AvgIpc) is 3.22. The van der Waals surface area contributed by atoms with E-state index < -0.39 is 0 Å². The van der Waals surface area contributed by atoms with Crippen LogP contribution < -0.4 is 9.64 Å². The van der Waals surface area contributed by atoms with Crippen LogP contribution >= 0.6 is 0 Å². The highest BCUT2D eigenvalue weighted by Crippen LogP contribution is 2.34. The zero-order chi connectivity index (χ0) is 19.0. The molecule has 0 radical (unpaired) electrons. The van der Waals surface area contributed by atoms with E-state index in [2.05, 4.69) is 17.2 Å². The van der Waals surface area contributed by atoms with Crippen molar-refractivity contribution in [1.29, 1.82) is 0 Å². The number of fused-ring (bicyclic) bond motifs is 1. The van der Waals surface area contributed by atoms with E-state index in [9.17, 15) is 4.79 Å². The Labute approximate surface area is 158 Å². The van der Waals surface area contributed by atoms with Gasteiger partial charge in [-0.05, 0) is 31.2 Å². The molecule has 1 atom stereocenters. The molecule has 1 amide bonds. The Morgan fingerprint density at radius 2 is 2.07 bits per heavy atom. The number of para-hydroxylation sites is 2. The van der Waals surface area contributed by atoms with Gasteiger partial charge in [0.2, 0.25) is 5.91 Å². The van der Waals surface area contributed by atoms with Gasteiger partial charge in [-0.15, -0.1) is 0 Å². The van der Waals surface area contributed by atoms with Gasteiger partial charge in [-0.1, -0.05) is 30.4 Å². The van der Waals surface area contributed by atoms with E-state index in [1.807, 2.05) is 54.3 Å². The smallest absolute Gasteiger partial charge is 0.227 e. The van der Waals surface area contributed by atoms with Crippen LogP contribution in [0.3, 0.4) is 0 Å². The number of methoxy groups -OCH3 is 1. The Balaban J connectivity index is 1.70. The van der Waals surface area contributed by atoms with Gasteiger partial charge < -0.3 is 14.2 Å². The Morgan fingerprint density at radius 3 is 2.85 bits per heavy atom. The quantitative estimate of drug-likeness (QED) is 0.642. The summed E-state index contributed by atoms with van der Waals surface area (Å²) in [6.07, 6.45) is 0.455. The molecule has 1 unspecified atom stereocenters. The number of anilines is 1. The van der Waals surface area contributed by atoms with Crippen molar-refractivity contribution in [2.75, 3.05) is 18.6 Å². The molecule has 27 heavy (non-hydrogen) atoms. The second kappa shape index (κ2) is 6.91. The first kappa shape index (κ1) is 17.3. The number of carbonyl (C=O) groups is 1. The van der Waals surface area contributed by atoms with Crippen LogP contribution in [0, 0.1) is 0 Å². The second-order valence-corrected chi connectivity index (χ2v) is 7.11. The number of rotatable bonds is 5. The molecule has 1 fully saturated rings. The molecule has 0 N–H and O–H groups in total. The zero-order valence-corrected chi connectivity index (χ0v) is 15.7. The number of amides is 1. The molecule has 1 saturated heterocycles. The number of hydrogen-bond acceptors (Lipinski definition) is 3. The number of carbonyl (C=O) groups excluding carboxylic acids is 1. The average molecular weight is 361 g/mol. The van der Waals surface area contributed by atoms with Crippen LogP contribution in [0.4, 0.5) is 5.69 Å². The molecule has 1 aliphatic heterocycles. The summed E-state index contributed by atoms with van der Waals surface area (Å²) >= 11 is 0. The normalized spacial score (nSPS) is 16.9. The van der Waals surface area contributed by atoms with Gasteiger partial charge in [0, 0.05) is 37.2 Å². The number of hydrogen-bond donors (Lipinski definition) is 0. The van der Waals surface area contributed by atoms with Gasteiger partial charge in [-0.25, -0.2) is 4.98 Å². The molecule has 0 spiro atoms. The van der Waals surface area contributed by atoms with Crippen LogP contribution in [0.25, 0.3) is 11.0 Å². The maximum atomic E-state index is 12.7. The largest absolute Gasteiger partial charge is 0.497 e. The Morgan fingerprint density at radius 1 is 1.26 bits per heavy atom. The van der Waals surface area contributed by atoms with Gasteiger partial charge in [-0.2, -0.15) is 0 Å². The van der Waals surface area contributed by atoms with E-state index in [0.29, 0.717) is 19.5 Å². The summed E-state index contributed by atoms with van der Waals surface area (Å²) in [5, 5.41) is 0. The minimum Gasteiger partial charge on any atom is -0.497 e. The molecule has 0 saturated carbocycles. The molecule has 1 aliphatic rings. The zero-order valence-electron chi connectivity index (χ0n) is 15.7. The Bertz CT molecular complexity index is 1020. The minimum absolute atomic E-state index is 0.0513. The molecule has 4 rings (SSSR count). The fourth-order valence-electron chi connectivity index (χ4n) is 3.75. The fourth-order valence-corrected chi connectivity index (χ4v) is 3.75. The molecule has 5 nitrogen and oxygen atoms in total. The van der Waals surface area contributed by atoms with E-state index in [4.69, 9.17) is 9.72 Å². The maximum absolute atomic E-state index is 12.7. The van der Waals surface area contributed by atoms with E-state index >= 15 is 0 Å². The van der Waals surface area contributed by atoms with Gasteiger partial charge in [0.25, 0.3) is 0 Å². The maximum Gasteiger partial charge on any atom is 0.227 e. The van der Waals surface area contributed by atoms with Crippen molar-refractivity contribution in [3.8, 4) is 5.75 Å². The van der Waals surface area contributed by atoms with E-state index in [1.165, 1.54) is 0 Å². The fraction of sp³-hybridized carbons (Fsp3) is 0.273. The van der Waals surface area contributed by atoms with E-state index in [0.717, 1.165) is 33.9 Å². The number of aromatic nitrogens is 2. The van der Waals surface area contributed by atoms with Gasteiger partial charge in [0.15, 0.2) is 0 Å². The molecule has 3 aromatic rings. The van der Waals surface area contributed by atoms with Crippen LogP contribution in [-0.2, 0) is 11.3 Å². The summed E-state index contributed by atoms with van der Waals surface area (Å²) in [5.41, 5.74) is 3.97. The lowest BCUT2D eigenvalue weighted by atomic mass is 10.1. The summed E-state index contributed by atoms with van der Waals surface area (Å²) in [6.45, 7) is 7.40. The lowest BCUT2D eigenvalue weighted by Crippen LogP contribution is -2.24. The molecular formula is C22H23N3O2. The lowest BCUT2D eigenvalue weighted by molar-refractivity contribution is -0.117. The predicted octanol–water partition coefficient (Wildman–Crippen LogP) is 4.14. The van der Waals surface area contributed by atoms with Gasteiger partial charge in [0.05, 0.1) is 18.1 Å². The molecule has 138 valence electrons. The highest BCUT2D eigenvalue weighted by atomic mass is 16.5.